The van der Waals surface area contributed by atoms with E-state index < -0.39 is 0 Å². The number of nitrogens with one attached hydrogen (secondary N) is 1. The van der Waals surface area contributed by atoms with Crippen molar-refractivity contribution < 1.29 is 19.0 Å². The smallest absolute Gasteiger partial charge is 0.224 e. The quantitative estimate of drug-likeness (QED) is 0.863. The predicted molar refractivity (Wildman–Crippen MR) is 96.7 cm³/mol. The minimum Gasteiger partial charge on any atom is -0.494 e. The van der Waals surface area contributed by atoms with Gasteiger partial charge in [-0.1, -0.05) is 13.0 Å². The van der Waals surface area contributed by atoms with Gasteiger partial charge in [-0.05, 0) is 54.8 Å². The molecule has 0 saturated carbocycles. The maximum absolute atomic E-state index is 12.3. The first-order valence-electron chi connectivity index (χ1n) is 8.58. The third-order valence-electron chi connectivity index (χ3n) is 4.08. The number of hydrogen-bond donors (Lipinski definition) is 1. The second kappa shape index (κ2) is 7.92. The molecule has 5 heteroatoms. The molecule has 25 heavy (non-hydrogen) atoms. The molecular formula is C20H23NO4. The van der Waals surface area contributed by atoms with Crippen LogP contribution in [0.4, 0.5) is 5.69 Å². The number of carbonyl (C=O) groups excluding carboxylic acids is 1. The Morgan fingerprint density at radius 3 is 2.56 bits per heavy atom. The number of ether oxygens (including phenoxy) is 3. The number of anilines is 1. The normalized spacial score (nSPS) is 13.8. The number of hydrogen-bond acceptors (Lipinski definition) is 4. The van der Waals surface area contributed by atoms with Crippen molar-refractivity contribution in [2.45, 2.75) is 26.2 Å². The highest BCUT2D eigenvalue weighted by Gasteiger charge is 2.16. The van der Waals surface area contributed by atoms with E-state index >= 15 is 0 Å². The van der Waals surface area contributed by atoms with Crippen molar-refractivity contribution in [2.75, 3.05) is 25.1 Å². The van der Waals surface area contributed by atoms with E-state index in [9.17, 15) is 4.79 Å². The third-order valence-corrected chi connectivity index (χ3v) is 4.08. The monoisotopic (exact) mass is 341 g/mol. The molecule has 5 nitrogen and oxygen atoms in total. The zero-order chi connectivity index (χ0) is 17.6. The molecule has 0 aliphatic carbocycles. The minimum absolute atomic E-state index is 0.0217. The highest BCUT2D eigenvalue weighted by Crippen LogP contribution is 2.34. The molecule has 0 radical (unpaired) electrons. The largest absolute Gasteiger partial charge is 0.494 e. The molecule has 3 rings (SSSR count). The predicted octanol–water partition coefficient (Wildman–Crippen LogP) is 3.99. The molecule has 1 atom stereocenters. The first kappa shape index (κ1) is 17.1. The van der Waals surface area contributed by atoms with E-state index in [-0.39, 0.29) is 11.8 Å². The van der Waals surface area contributed by atoms with E-state index in [1.807, 2.05) is 56.3 Å². The molecule has 1 amide bonds. The number of amides is 1. The third kappa shape index (κ3) is 4.44. The summed E-state index contributed by atoms with van der Waals surface area (Å²) in [5.74, 6) is 2.37. The summed E-state index contributed by atoms with van der Waals surface area (Å²) in [4.78, 5) is 12.3. The average Bonchev–Trinajstić information content (AvgIpc) is 2.63. The Bertz CT molecular complexity index is 727. The van der Waals surface area contributed by atoms with Crippen LogP contribution in [0.5, 0.6) is 17.2 Å². The van der Waals surface area contributed by atoms with Crippen LogP contribution in [0.2, 0.25) is 0 Å². The Kier molecular flexibility index (Phi) is 5.43. The molecule has 1 aliphatic rings. The van der Waals surface area contributed by atoms with Gasteiger partial charge in [-0.25, -0.2) is 0 Å². The number of benzene rings is 2. The molecule has 2 aromatic rings. The molecule has 0 spiro atoms. The van der Waals surface area contributed by atoms with E-state index in [0.717, 1.165) is 28.5 Å². The maximum atomic E-state index is 12.3. The lowest BCUT2D eigenvalue weighted by Crippen LogP contribution is -2.16. The van der Waals surface area contributed by atoms with Crippen molar-refractivity contribution >= 4 is 11.6 Å². The molecule has 1 unspecified atom stereocenters. The van der Waals surface area contributed by atoms with E-state index in [4.69, 9.17) is 14.2 Å². The summed E-state index contributed by atoms with van der Waals surface area (Å²) in [5.41, 5.74) is 1.83. The van der Waals surface area contributed by atoms with E-state index in [0.29, 0.717) is 26.2 Å². The van der Waals surface area contributed by atoms with Gasteiger partial charge >= 0.3 is 0 Å². The maximum Gasteiger partial charge on any atom is 0.224 e. The molecule has 0 fully saturated rings. The molecule has 0 bridgehead atoms. The molecular weight excluding hydrogens is 318 g/mol. The van der Waals surface area contributed by atoms with E-state index in [2.05, 4.69) is 5.32 Å². The summed E-state index contributed by atoms with van der Waals surface area (Å²) in [5, 5.41) is 2.92. The fourth-order valence-electron chi connectivity index (χ4n) is 2.78. The first-order chi connectivity index (χ1) is 12.2. The van der Waals surface area contributed by atoms with Crippen LogP contribution in [0.1, 0.15) is 31.7 Å². The van der Waals surface area contributed by atoms with Crippen molar-refractivity contribution in [3.63, 3.8) is 0 Å². The average molecular weight is 341 g/mol. The van der Waals surface area contributed by atoms with Gasteiger partial charge in [-0.2, -0.15) is 0 Å². The fraction of sp³-hybridized carbons (Fsp3) is 0.350. The van der Waals surface area contributed by atoms with Crippen molar-refractivity contribution in [3.8, 4) is 17.2 Å². The summed E-state index contributed by atoms with van der Waals surface area (Å²) >= 11 is 0. The first-order valence-corrected chi connectivity index (χ1v) is 8.58. The molecule has 2 aromatic carbocycles. The second-order valence-corrected chi connectivity index (χ2v) is 6.01. The van der Waals surface area contributed by atoms with Crippen LogP contribution in [0.3, 0.4) is 0 Å². The SMILES string of the molecule is CCOc1ccc(NC(=O)CC(C)c2ccc3c(c2)OCCO3)cc1. The van der Waals surface area contributed by atoms with Crippen LogP contribution in [-0.2, 0) is 4.79 Å². The van der Waals surface area contributed by atoms with Gasteiger partial charge in [-0.3, -0.25) is 4.79 Å². The summed E-state index contributed by atoms with van der Waals surface area (Å²) in [6.07, 6.45) is 0.396. The van der Waals surface area contributed by atoms with E-state index in [1.165, 1.54) is 0 Å². The number of rotatable bonds is 6. The molecule has 1 N–H and O–H groups in total. The van der Waals surface area contributed by atoms with Gasteiger partial charge in [0.15, 0.2) is 11.5 Å². The number of carbonyl (C=O) groups is 1. The second-order valence-electron chi connectivity index (χ2n) is 6.01. The van der Waals surface area contributed by atoms with Gasteiger partial charge in [-0.15, -0.1) is 0 Å². The molecule has 1 aliphatic heterocycles. The van der Waals surface area contributed by atoms with Crippen molar-refractivity contribution in [1.29, 1.82) is 0 Å². The van der Waals surface area contributed by atoms with Gasteiger partial charge in [0.05, 0.1) is 6.61 Å². The molecule has 0 aromatic heterocycles. The zero-order valence-corrected chi connectivity index (χ0v) is 14.6. The van der Waals surface area contributed by atoms with Gasteiger partial charge < -0.3 is 19.5 Å². The Labute approximate surface area is 147 Å². The summed E-state index contributed by atoms with van der Waals surface area (Å²) in [6, 6.07) is 13.2. The highest BCUT2D eigenvalue weighted by atomic mass is 16.6. The van der Waals surface area contributed by atoms with Gasteiger partial charge in [0.25, 0.3) is 0 Å². The van der Waals surface area contributed by atoms with Gasteiger partial charge in [0.2, 0.25) is 5.91 Å². The Morgan fingerprint density at radius 1 is 1.12 bits per heavy atom. The lowest BCUT2D eigenvalue weighted by molar-refractivity contribution is -0.116. The lowest BCUT2D eigenvalue weighted by atomic mass is 9.97. The van der Waals surface area contributed by atoms with Crippen LogP contribution in [-0.4, -0.2) is 25.7 Å². The van der Waals surface area contributed by atoms with Crippen LogP contribution < -0.4 is 19.5 Å². The summed E-state index contributed by atoms with van der Waals surface area (Å²) < 4.78 is 16.5. The van der Waals surface area contributed by atoms with E-state index in [1.54, 1.807) is 0 Å². The Balaban J connectivity index is 1.58. The van der Waals surface area contributed by atoms with Crippen molar-refractivity contribution in [3.05, 3.63) is 48.0 Å². The Morgan fingerprint density at radius 2 is 1.84 bits per heavy atom. The molecule has 0 saturated heterocycles. The van der Waals surface area contributed by atoms with Crippen LogP contribution in [0.25, 0.3) is 0 Å². The topological polar surface area (TPSA) is 56.8 Å². The zero-order valence-electron chi connectivity index (χ0n) is 14.6. The van der Waals surface area contributed by atoms with Crippen molar-refractivity contribution in [1.82, 2.24) is 0 Å². The molecule has 1 heterocycles. The fourth-order valence-corrected chi connectivity index (χ4v) is 2.78. The van der Waals surface area contributed by atoms with Crippen LogP contribution >= 0.6 is 0 Å². The minimum atomic E-state index is -0.0217. The lowest BCUT2D eigenvalue weighted by Gasteiger charge is -2.20. The highest BCUT2D eigenvalue weighted by molar-refractivity contribution is 5.91. The van der Waals surface area contributed by atoms with Gasteiger partial charge in [0.1, 0.15) is 19.0 Å². The molecule has 132 valence electrons. The van der Waals surface area contributed by atoms with Crippen LogP contribution in [0.15, 0.2) is 42.5 Å². The van der Waals surface area contributed by atoms with Crippen molar-refractivity contribution in [2.24, 2.45) is 0 Å². The standard InChI is InChI=1S/C20H23NO4/c1-3-23-17-7-5-16(6-8-17)21-20(22)12-14(2)15-4-9-18-19(13-15)25-11-10-24-18/h4-9,13-14H,3,10-12H2,1-2H3,(H,21,22). The summed E-state index contributed by atoms with van der Waals surface area (Å²) in [7, 11) is 0. The summed E-state index contributed by atoms with van der Waals surface area (Å²) in [6.45, 7) is 5.73. The van der Waals surface area contributed by atoms with Crippen LogP contribution in [0, 0.1) is 0 Å². The van der Waals surface area contributed by atoms with Gasteiger partial charge in [0, 0.05) is 12.1 Å². The Hall–Kier alpha value is -2.69. The number of fused-ring (bicyclic) bond motifs is 1.